The maximum atomic E-state index is 5.40. The first kappa shape index (κ1) is 11.3. The van der Waals surface area contributed by atoms with Gasteiger partial charge in [0.1, 0.15) is 5.76 Å². The fraction of sp³-hybridized carbons (Fsp3) is 0.667. The largest absolute Gasteiger partial charge is 0.469 e. The third kappa shape index (κ3) is 3.18. The van der Waals surface area contributed by atoms with Gasteiger partial charge in [-0.3, -0.25) is 0 Å². The van der Waals surface area contributed by atoms with Crippen LogP contribution in [-0.4, -0.2) is 12.6 Å². The highest BCUT2D eigenvalue weighted by atomic mass is 16.3. The Labute approximate surface area is 86.7 Å². The monoisotopic (exact) mass is 195 g/mol. The Morgan fingerprint density at radius 3 is 2.50 bits per heavy atom. The van der Waals surface area contributed by atoms with Gasteiger partial charge >= 0.3 is 0 Å². The second-order valence-electron chi connectivity index (χ2n) is 4.34. The van der Waals surface area contributed by atoms with E-state index in [1.165, 1.54) is 0 Å². The molecule has 1 heterocycles. The van der Waals surface area contributed by atoms with Crippen molar-refractivity contribution in [2.24, 2.45) is 5.92 Å². The van der Waals surface area contributed by atoms with E-state index in [0.717, 1.165) is 12.3 Å². The molecule has 0 aliphatic carbocycles. The van der Waals surface area contributed by atoms with Crippen molar-refractivity contribution in [3.63, 3.8) is 0 Å². The van der Waals surface area contributed by atoms with E-state index in [4.69, 9.17) is 4.42 Å². The molecular formula is C12H21NO. The van der Waals surface area contributed by atoms with Crippen LogP contribution in [0.2, 0.25) is 0 Å². The van der Waals surface area contributed by atoms with Crippen LogP contribution in [-0.2, 0) is 0 Å². The molecule has 1 N–H and O–H groups in total. The van der Waals surface area contributed by atoms with E-state index in [-0.39, 0.29) is 0 Å². The van der Waals surface area contributed by atoms with Crippen LogP contribution in [0.1, 0.15) is 39.4 Å². The highest BCUT2D eigenvalue weighted by molar-refractivity contribution is 5.05. The van der Waals surface area contributed by atoms with Gasteiger partial charge < -0.3 is 9.73 Å². The van der Waals surface area contributed by atoms with Crippen LogP contribution in [0.3, 0.4) is 0 Å². The van der Waals surface area contributed by atoms with Gasteiger partial charge in [0.05, 0.1) is 6.26 Å². The zero-order valence-corrected chi connectivity index (χ0v) is 9.58. The average Bonchev–Trinajstić information content (AvgIpc) is 2.65. The van der Waals surface area contributed by atoms with Crippen LogP contribution in [0.25, 0.3) is 0 Å². The van der Waals surface area contributed by atoms with Gasteiger partial charge in [0.15, 0.2) is 0 Å². The van der Waals surface area contributed by atoms with Crippen LogP contribution < -0.4 is 5.32 Å². The Hall–Kier alpha value is -0.760. The predicted molar refractivity (Wildman–Crippen MR) is 59.4 cm³/mol. The summed E-state index contributed by atoms with van der Waals surface area (Å²) in [6.45, 7) is 9.85. The molecule has 2 unspecified atom stereocenters. The third-order valence-corrected chi connectivity index (χ3v) is 2.69. The Bertz CT molecular complexity index is 241. The number of rotatable bonds is 5. The molecule has 0 aliphatic rings. The lowest BCUT2D eigenvalue weighted by Crippen LogP contribution is -2.29. The van der Waals surface area contributed by atoms with Crippen molar-refractivity contribution in [1.29, 1.82) is 0 Å². The summed E-state index contributed by atoms with van der Waals surface area (Å²) >= 11 is 0. The molecule has 0 saturated heterocycles. The lowest BCUT2D eigenvalue weighted by molar-refractivity contribution is 0.371. The molecule has 1 aromatic heterocycles. The lowest BCUT2D eigenvalue weighted by atomic mass is 9.93. The molecule has 2 heteroatoms. The summed E-state index contributed by atoms with van der Waals surface area (Å²) in [5.41, 5.74) is 0. The second-order valence-corrected chi connectivity index (χ2v) is 4.34. The fourth-order valence-corrected chi connectivity index (χ4v) is 1.43. The first-order valence-corrected chi connectivity index (χ1v) is 5.38. The van der Waals surface area contributed by atoms with Gasteiger partial charge in [-0.2, -0.15) is 0 Å². The minimum Gasteiger partial charge on any atom is -0.469 e. The molecule has 0 saturated carbocycles. The van der Waals surface area contributed by atoms with E-state index >= 15 is 0 Å². The molecule has 0 bridgehead atoms. The summed E-state index contributed by atoms with van der Waals surface area (Å²) in [6, 6.07) is 4.56. The maximum Gasteiger partial charge on any atom is 0.106 e. The fourth-order valence-electron chi connectivity index (χ4n) is 1.43. The summed E-state index contributed by atoms with van der Waals surface area (Å²) in [4.78, 5) is 0. The molecule has 2 nitrogen and oxygen atoms in total. The molecule has 1 rings (SSSR count). The van der Waals surface area contributed by atoms with Gasteiger partial charge in [-0.15, -0.1) is 0 Å². The highest BCUT2D eigenvalue weighted by Crippen LogP contribution is 2.23. The van der Waals surface area contributed by atoms with Gasteiger partial charge in [0.2, 0.25) is 0 Å². The van der Waals surface area contributed by atoms with Crippen molar-refractivity contribution in [2.45, 2.75) is 39.7 Å². The van der Waals surface area contributed by atoms with Gasteiger partial charge in [-0.05, 0) is 24.6 Å². The Balaban J connectivity index is 2.41. The molecular weight excluding hydrogens is 174 g/mol. The van der Waals surface area contributed by atoms with E-state index in [9.17, 15) is 0 Å². The topological polar surface area (TPSA) is 25.2 Å². The standard InChI is InChI=1S/C12H21NO/c1-9(2)13-8-10(3)11(4)12-6-5-7-14-12/h5-7,9-11,13H,8H2,1-4H3. The van der Waals surface area contributed by atoms with Gasteiger partial charge in [0.25, 0.3) is 0 Å². The van der Waals surface area contributed by atoms with Crippen LogP contribution in [0, 0.1) is 5.92 Å². The molecule has 0 radical (unpaired) electrons. The molecule has 0 fully saturated rings. The molecule has 0 aromatic carbocycles. The van der Waals surface area contributed by atoms with Crippen molar-refractivity contribution < 1.29 is 4.42 Å². The van der Waals surface area contributed by atoms with Gasteiger partial charge in [0, 0.05) is 12.0 Å². The molecule has 0 amide bonds. The Kier molecular flexibility index (Phi) is 4.21. The number of nitrogens with one attached hydrogen (secondary N) is 1. The first-order valence-electron chi connectivity index (χ1n) is 5.38. The van der Waals surface area contributed by atoms with Gasteiger partial charge in [-0.1, -0.05) is 27.7 Å². The van der Waals surface area contributed by atoms with Gasteiger partial charge in [-0.25, -0.2) is 0 Å². The lowest BCUT2D eigenvalue weighted by Gasteiger charge is -2.19. The van der Waals surface area contributed by atoms with Crippen LogP contribution in [0.15, 0.2) is 22.8 Å². The minimum atomic E-state index is 0.483. The summed E-state index contributed by atoms with van der Waals surface area (Å²) in [6.07, 6.45) is 1.74. The maximum absolute atomic E-state index is 5.40. The zero-order valence-electron chi connectivity index (χ0n) is 9.58. The number of furan rings is 1. The van der Waals surface area contributed by atoms with Crippen molar-refractivity contribution in [1.82, 2.24) is 5.32 Å². The summed E-state index contributed by atoms with van der Waals surface area (Å²) in [7, 11) is 0. The van der Waals surface area contributed by atoms with Crippen molar-refractivity contribution in [3.8, 4) is 0 Å². The summed E-state index contributed by atoms with van der Waals surface area (Å²) in [5, 5.41) is 3.45. The molecule has 1 aromatic rings. The molecule has 0 aliphatic heterocycles. The second kappa shape index (κ2) is 5.20. The summed E-state index contributed by atoms with van der Waals surface area (Å²) < 4.78 is 5.40. The SMILES string of the molecule is CC(C)NCC(C)C(C)c1ccco1. The Morgan fingerprint density at radius 1 is 1.29 bits per heavy atom. The quantitative estimate of drug-likeness (QED) is 0.781. The van der Waals surface area contributed by atoms with Crippen LogP contribution in [0.4, 0.5) is 0 Å². The molecule has 0 spiro atoms. The van der Waals surface area contributed by atoms with E-state index in [0.29, 0.717) is 17.9 Å². The third-order valence-electron chi connectivity index (χ3n) is 2.69. The summed E-state index contributed by atoms with van der Waals surface area (Å²) in [5.74, 6) is 2.17. The van der Waals surface area contributed by atoms with E-state index in [1.54, 1.807) is 6.26 Å². The van der Waals surface area contributed by atoms with Crippen molar-refractivity contribution in [3.05, 3.63) is 24.2 Å². The highest BCUT2D eigenvalue weighted by Gasteiger charge is 2.16. The molecule has 14 heavy (non-hydrogen) atoms. The normalized spacial score (nSPS) is 15.8. The smallest absolute Gasteiger partial charge is 0.106 e. The molecule has 80 valence electrons. The van der Waals surface area contributed by atoms with Crippen molar-refractivity contribution >= 4 is 0 Å². The van der Waals surface area contributed by atoms with Crippen LogP contribution >= 0.6 is 0 Å². The van der Waals surface area contributed by atoms with E-state index in [2.05, 4.69) is 39.1 Å². The Morgan fingerprint density at radius 2 is 2.00 bits per heavy atom. The molecule has 2 atom stereocenters. The number of hydrogen-bond acceptors (Lipinski definition) is 2. The minimum absolute atomic E-state index is 0.483. The predicted octanol–water partition coefficient (Wildman–Crippen LogP) is 3.02. The zero-order chi connectivity index (χ0) is 10.6. The average molecular weight is 195 g/mol. The van der Waals surface area contributed by atoms with Crippen molar-refractivity contribution in [2.75, 3.05) is 6.54 Å². The van der Waals surface area contributed by atoms with E-state index < -0.39 is 0 Å². The van der Waals surface area contributed by atoms with Crippen LogP contribution in [0.5, 0.6) is 0 Å². The number of hydrogen-bond donors (Lipinski definition) is 1. The van der Waals surface area contributed by atoms with E-state index in [1.807, 2.05) is 6.07 Å². The first-order chi connectivity index (χ1) is 6.61.